The fourth-order valence-electron chi connectivity index (χ4n) is 3.70. The van der Waals surface area contributed by atoms with Crippen LogP contribution in [0.3, 0.4) is 0 Å². The first-order valence-corrected chi connectivity index (χ1v) is 9.35. The van der Waals surface area contributed by atoms with Crippen LogP contribution in [0.4, 0.5) is 0 Å². The highest BCUT2D eigenvalue weighted by atomic mass is 16.3. The van der Waals surface area contributed by atoms with Gasteiger partial charge in [-0.1, -0.05) is 30.3 Å². The van der Waals surface area contributed by atoms with Gasteiger partial charge in [-0.25, -0.2) is 0 Å². The Hall–Kier alpha value is -1.75. The summed E-state index contributed by atoms with van der Waals surface area (Å²) in [5.41, 5.74) is 2.73. The number of piperazine rings is 1. The van der Waals surface area contributed by atoms with Crippen LogP contribution in [-0.4, -0.2) is 58.7 Å². The van der Waals surface area contributed by atoms with E-state index in [1.165, 1.54) is 17.5 Å². The summed E-state index contributed by atoms with van der Waals surface area (Å²) in [4.78, 5) is 9.17. The lowest BCUT2D eigenvalue weighted by atomic mass is 10.1. The van der Waals surface area contributed by atoms with Crippen molar-refractivity contribution in [2.45, 2.75) is 31.8 Å². The van der Waals surface area contributed by atoms with Gasteiger partial charge >= 0.3 is 0 Å². The number of aryl methyl sites for hydroxylation is 1. The summed E-state index contributed by atoms with van der Waals surface area (Å²) in [5, 5.41) is 9.46. The summed E-state index contributed by atoms with van der Waals surface area (Å²) in [5.74, 6) is 0. The van der Waals surface area contributed by atoms with Gasteiger partial charge in [0.15, 0.2) is 0 Å². The molecule has 0 radical (unpaired) electrons. The van der Waals surface area contributed by atoms with Gasteiger partial charge in [0.2, 0.25) is 0 Å². The molecule has 0 aliphatic carbocycles. The Morgan fingerprint density at radius 1 is 1.00 bits per heavy atom. The molecule has 2 aromatic rings. The van der Waals surface area contributed by atoms with Gasteiger partial charge in [0.25, 0.3) is 0 Å². The molecule has 4 heteroatoms. The Labute approximate surface area is 151 Å². The van der Waals surface area contributed by atoms with Crippen molar-refractivity contribution in [3.05, 3.63) is 66.0 Å². The molecular formula is C21H29N3O. The summed E-state index contributed by atoms with van der Waals surface area (Å²) in [6.45, 7) is 5.57. The molecule has 1 aromatic carbocycles. The van der Waals surface area contributed by atoms with Gasteiger partial charge in [-0.2, -0.15) is 0 Å². The van der Waals surface area contributed by atoms with E-state index in [-0.39, 0.29) is 6.61 Å². The highest BCUT2D eigenvalue weighted by Crippen LogP contribution is 2.16. The first-order valence-electron chi connectivity index (χ1n) is 9.35. The molecule has 0 amide bonds. The Bertz CT molecular complexity index is 605. The molecular weight excluding hydrogens is 310 g/mol. The van der Waals surface area contributed by atoms with Crippen molar-refractivity contribution in [2.75, 3.05) is 32.8 Å². The summed E-state index contributed by atoms with van der Waals surface area (Å²) < 4.78 is 0. The minimum absolute atomic E-state index is 0.267. The zero-order valence-corrected chi connectivity index (χ0v) is 14.9. The van der Waals surface area contributed by atoms with E-state index in [0.717, 1.165) is 45.6 Å². The topological polar surface area (TPSA) is 39.6 Å². The van der Waals surface area contributed by atoms with E-state index in [1.807, 2.05) is 12.4 Å². The van der Waals surface area contributed by atoms with Crippen LogP contribution >= 0.6 is 0 Å². The number of hydrogen-bond donors (Lipinski definition) is 1. The second-order valence-corrected chi connectivity index (χ2v) is 6.88. The minimum Gasteiger partial charge on any atom is -0.396 e. The quantitative estimate of drug-likeness (QED) is 0.802. The Kier molecular flexibility index (Phi) is 6.98. The Balaban J connectivity index is 1.49. The van der Waals surface area contributed by atoms with Crippen LogP contribution in [-0.2, 0) is 13.0 Å². The van der Waals surface area contributed by atoms with Crippen LogP contribution in [0, 0.1) is 0 Å². The normalized spacial score (nSPS) is 19.2. The zero-order chi connectivity index (χ0) is 17.3. The van der Waals surface area contributed by atoms with Crippen LogP contribution in [0.15, 0.2) is 54.9 Å². The van der Waals surface area contributed by atoms with Gasteiger partial charge in [-0.15, -0.1) is 0 Å². The van der Waals surface area contributed by atoms with E-state index < -0.39 is 0 Å². The highest BCUT2D eigenvalue weighted by Gasteiger charge is 2.26. The van der Waals surface area contributed by atoms with Crippen LogP contribution in [0.5, 0.6) is 0 Å². The summed E-state index contributed by atoms with van der Waals surface area (Å²) >= 11 is 0. The largest absolute Gasteiger partial charge is 0.396 e. The molecule has 1 aromatic heterocycles. The lowest BCUT2D eigenvalue weighted by Gasteiger charge is -2.41. The Morgan fingerprint density at radius 3 is 2.56 bits per heavy atom. The van der Waals surface area contributed by atoms with Crippen LogP contribution in [0.25, 0.3) is 0 Å². The average molecular weight is 339 g/mol. The predicted molar refractivity (Wildman–Crippen MR) is 101 cm³/mol. The number of nitrogens with zero attached hydrogens (tertiary/aromatic N) is 3. The molecule has 0 spiro atoms. The van der Waals surface area contributed by atoms with Gasteiger partial charge in [0.05, 0.1) is 0 Å². The van der Waals surface area contributed by atoms with Crippen LogP contribution < -0.4 is 0 Å². The first-order chi connectivity index (χ1) is 12.3. The number of aromatic nitrogens is 1. The van der Waals surface area contributed by atoms with Gasteiger partial charge in [0, 0.05) is 51.2 Å². The highest BCUT2D eigenvalue weighted by molar-refractivity contribution is 5.14. The van der Waals surface area contributed by atoms with Crippen LogP contribution in [0.2, 0.25) is 0 Å². The zero-order valence-electron chi connectivity index (χ0n) is 14.9. The number of benzene rings is 1. The molecule has 1 saturated heterocycles. The molecule has 1 N–H and O–H groups in total. The third-order valence-corrected chi connectivity index (χ3v) is 5.06. The maximum absolute atomic E-state index is 9.46. The number of hydrogen-bond acceptors (Lipinski definition) is 4. The van der Waals surface area contributed by atoms with Gasteiger partial charge in [0.1, 0.15) is 0 Å². The molecule has 25 heavy (non-hydrogen) atoms. The first kappa shape index (κ1) is 18.1. The number of pyridine rings is 1. The molecule has 2 heterocycles. The lowest BCUT2D eigenvalue weighted by molar-refractivity contribution is 0.0547. The SMILES string of the molecule is OCC[C@@H]1CN(Cc2ccncc2)CCN1CCCc1ccccc1. The summed E-state index contributed by atoms with van der Waals surface area (Å²) in [6.07, 6.45) is 6.89. The van der Waals surface area contributed by atoms with E-state index >= 15 is 0 Å². The number of aliphatic hydroxyl groups excluding tert-OH is 1. The number of rotatable bonds is 8. The molecule has 0 saturated carbocycles. The lowest BCUT2D eigenvalue weighted by Crippen LogP contribution is -2.53. The third kappa shape index (κ3) is 5.63. The molecule has 1 aliphatic rings. The second-order valence-electron chi connectivity index (χ2n) is 6.88. The van der Waals surface area contributed by atoms with Crippen molar-refractivity contribution in [3.8, 4) is 0 Å². The predicted octanol–water partition coefficient (Wildman–Crippen LogP) is 2.58. The maximum Gasteiger partial charge on any atom is 0.0446 e. The summed E-state index contributed by atoms with van der Waals surface area (Å²) in [6, 6.07) is 15.3. The molecule has 0 unspecified atom stereocenters. The van der Waals surface area contributed by atoms with E-state index in [0.29, 0.717) is 6.04 Å². The van der Waals surface area contributed by atoms with Crippen molar-refractivity contribution in [2.24, 2.45) is 0 Å². The monoisotopic (exact) mass is 339 g/mol. The van der Waals surface area contributed by atoms with Crippen LogP contribution in [0.1, 0.15) is 24.0 Å². The van der Waals surface area contributed by atoms with Crippen molar-refractivity contribution in [1.82, 2.24) is 14.8 Å². The maximum atomic E-state index is 9.46. The van der Waals surface area contributed by atoms with E-state index in [4.69, 9.17) is 0 Å². The second kappa shape index (κ2) is 9.66. The standard InChI is InChI=1S/C21H29N3O/c25-16-10-21-18-23(17-20-8-11-22-12-9-20)14-15-24(21)13-4-7-19-5-2-1-3-6-19/h1-3,5-6,8-9,11-12,21,25H,4,7,10,13-18H2/t21-/m1/s1. The van der Waals surface area contributed by atoms with E-state index in [2.05, 4.69) is 57.2 Å². The molecule has 0 bridgehead atoms. The summed E-state index contributed by atoms with van der Waals surface area (Å²) in [7, 11) is 0. The average Bonchev–Trinajstić information content (AvgIpc) is 2.65. The van der Waals surface area contributed by atoms with Gasteiger partial charge < -0.3 is 5.11 Å². The van der Waals surface area contributed by atoms with Crippen molar-refractivity contribution in [3.63, 3.8) is 0 Å². The molecule has 1 fully saturated rings. The number of aliphatic hydroxyl groups is 1. The van der Waals surface area contributed by atoms with Crippen molar-refractivity contribution >= 4 is 0 Å². The third-order valence-electron chi connectivity index (χ3n) is 5.06. The van der Waals surface area contributed by atoms with Crippen molar-refractivity contribution < 1.29 is 5.11 Å². The fourth-order valence-corrected chi connectivity index (χ4v) is 3.70. The van der Waals surface area contributed by atoms with Gasteiger partial charge in [-0.3, -0.25) is 14.8 Å². The van der Waals surface area contributed by atoms with Crippen molar-refractivity contribution in [1.29, 1.82) is 0 Å². The Morgan fingerprint density at radius 2 is 1.80 bits per heavy atom. The van der Waals surface area contributed by atoms with E-state index in [1.54, 1.807) is 0 Å². The smallest absolute Gasteiger partial charge is 0.0446 e. The molecule has 4 nitrogen and oxygen atoms in total. The molecule has 1 aliphatic heterocycles. The van der Waals surface area contributed by atoms with E-state index in [9.17, 15) is 5.11 Å². The molecule has 1 atom stereocenters. The molecule has 3 rings (SSSR count). The fraction of sp³-hybridized carbons (Fsp3) is 0.476. The molecule has 134 valence electrons. The van der Waals surface area contributed by atoms with Gasteiger partial charge in [-0.05, 0) is 49.1 Å². The minimum atomic E-state index is 0.267.